The van der Waals surface area contributed by atoms with Gasteiger partial charge in [0.05, 0.1) is 10.9 Å². The topological polar surface area (TPSA) is 82.8 Å². The van der Waals surface area contributed by atoms with Crippen molar-refractivity contribution in [2.45, 2.75) is 13.3 Å². The first-order valence-corrected chi connectivity index (χ1v) is 7.27. The Morgan fingerprint density at radius 3 is 2.86 bits per heavy atom. The lowest BCUT2D eigenvalue weighted by Gasteiger charge is -2.09. The summed E-state index contributed by atoms with van der Waals surface area (Å²) in [5, 5.41) is 13.4. The number of anilines is 1. The number of aromatic nitrogens is 1. The molecule has 21 heavy (non-hydrogen) atoms. The van der Waals surface area contributed by atoms with Gasteiger partial charge < -0.3 is 5.32 Å². The molecule has 0 radical (unpaired) electrons. The summed E-state index contributed by atoms with van der Waals surface area (Å²) < 4.78 is 0. The molecule has 5 nitrogen and oxygen atoms in total. The van der Waals surface area contributed by atoms with Gasteiger partial charge in [-0.25, -0.2) is 4.98 Å². The molecule has 0 spiro atoms. The lowest BCUT2D eigenvalue weighted by molar-refractivity contribution is -0.117. The van der Waals surface area contributed by atoms with Crippen LogP contribution in [0, 0.1) is 17.2 Å². The van der Waals surface area contributed by atoms with E-state index in [-0.39, 0.29) is 0 Å². The molecule has 1 unspecified atom stereocenters. The number of hydrogen-bond acceptors (Lipinski definition) is 5. The van der Waals surface area contributed by atoms with Crippen LogP contribution in [0.1, 0.15) is 22.2 Å². The first-order valence-electron chi connectivity index (χ1n) is 6.39. The molecule has 106 valence electrons. The number of nitriles is 1. The number of pyridine rings is 1. The lowest BCUT2D eigenvalue weighted by Crippen LogP contribution is -2.29. The van der Waals surface area contributed by atoms with Gasteiger partial charge in [0, 0.05) is 6.20 Å². The molecule has 0 aliphatic carbocycles. The molecule has 0 saturated carbocycles. The zero-order chi connectivity index (χ0) is 15.2. The van der Waals surface area contributed by atoms with Crippen LogP contribution < -0.4 is 5.32 Å². The summed E-state index contributed by atoms with van der Waals surface area (Å²) in [6.45, 7) is 1.92. The van der Waals surface area contributed by atoms with Gasteiger partial charge in [-0.3, -0.25) is 9.59 Å². The molecule has 1 atom stereocenters. The number of carbonyl (C=O) groups excluding carboxylic acids is 2. The molecule has 0 bridgehead atoms. The third kappa shape index (κ3) is 3.33. The maximum atomic E-state index is 12.4. The summed E-state index contributed by atoms with van der Waals surface area (Å²) in [5.74, 6) is -2.16. The summed E-state index contributed by atoms with van der Waals surface area (Å²) in [4.78, 5) is 28.9. The maximum Gasteiger partial charge on any atom is 0.250 e. The van der Waals surface area contributed by atoms with E-state index in [9.17, 15) is 9.59 Å². The average molecular weight is 299 g/mol. The largest absolute Gasteiger partial charge is 0.309 e. The number of Topliss-reactive ketones (excluding diaryl/α,β-unsaturated/α-hetero) is 1. The van der Waals surface area contributed by atoms with Crippen LogP contribution >= 0.6 is 11.3 Å². The standard InChI is InChI=1S/C15H13N3O2S/c1-2-10-6-8-21-14(10)13(19)11(9-16)15(20)18-12-5-3-4-7-17-12/h3-8,11H,2H2,1H3,(H,17,18,20). The number of carbonyl (C=O) groups is 2. The number of nitrogens with zero attached hydrogens (tertiary/aromatic N) is 2. The number of amides is 1. The summed E-state index contributed by atoms with van der Waals surface area (Å²) >= 11 is 1.25. The first-order chi connectivity index (χ1) is 10.2. The van der Waals surface area contributed by atoms with Crippen LogP contribution in [-0.2, 0) is 11.2 Å². The molecular weight excluding hydrogens is 286 g/mol. The van der Waals surface area contributed by atoms with Crippen molar-refractivity contribution in [3.05, 3.63) is 46.3 Å². The third-order valence-corrected chi connectivity index (χ3v) is 3.89. The minimum Gasteiger partial charge on any atom is -0.309 e. The van der Waals surface area contributed by atoms with Crippen LogP contribution in [0.15, 0.2) is 35.8 Å². The van der Waals surface area contributed by atoms with Crippen molar-refractivity contribution >= 4 is 28.8 Å². The van der Waals surface area contributed by atoms with Gasteiger partial charge in [-0.05, 0) is 35.6 Å². The first kappa shape index (κ1) is 14.9. The highest BCUT2D eigenvalue weighted by Crippen LogP contribution is 2.22. The molecule has 1 N–H and O–H groups in total. The van der Waals surface area contributed by atoms with E-state index in [1.165, 1.54) is 17.5 Å². The summed E-state index contributed by atoms with van der Waals surface area (Å²) in [7, 11) is 0. The van der Waals surface area contributed by atoms with Crippen LogP contribution in [0.5, 0.6) is 0 Å². The predicted octanol–water partition coefficient (Wildman–Crippen LogP) is 2.67. The zero-order valence-corrected chi connectivity index (χ0v) is 12.2. The van der Waals surface area contributed by atoms with E-state index in [4.69, 9.17) is 5.26 Å². The SMILES string of the molecule is CCc1ccsc1C(=O)C(C#N)C(=O)Nc1ccccn1. The molecule has 2 rings (SSSR count). The number of hydrogen-bond donors (Lipinski definition) is 1. The van der Waals surface area contributed by atoms with Gasteiger partial charge in [0.15, 0.2) is 11.7 Å². The average Bonchev–Trinajstić information content (AvgIpc) is 2.97. The number of rotatable bonds is 5. The predicted molar refractivity (Wildman–Crippen MR) is 80.0 cm³/mol. The van der Waals surface area contributed by atoms with Gasteiger partial charge in [0.25, 0.3) is 5.91 Å². The molecule has 2 aromatic heterocycles. The van der Waals surface area contributed by atoms with E-state index in [2.05, 4.69) is 10.3 Å². The van der Waals surface area contributed by atoms with Gasteiger partial charge >= 0.3 is 0 Å². The fraction of sp³-hybridized carbons (Fsp3) is 0.200. The Labute approximate surface area is 126 Å². The molecule has 1 amide bonds. The second-order valence-electron chi connectivity index (χ2n) is 4.26. The van der Waals surface area contributed by atoms with E-state index in [0.717, 1.165) is 5.56 Å². The molecular formula is C15H13N3O2S. The van der Waals surface area contributed by atoms with E-state index in [1.807, 2.05) is 13.0 Å². The molecule has 0 saturated heterocycles. The lowest BCUT2D eigenvalue weighted by atomic mass is 10.0. The quantitative estimate of drug-likeness (QED) is 0.679. The van der Waals surface area contributed by atoms with Gasteiger partial charge in [-0.1, -0.05) is 13.0 Å². The van der Waals surface area contributed by atoms with Crippen LogP contribution in [0.2, 0.25) is 0 Å². The number of nitrogens with one attached hydrogen (secondary N) is 1. The van der Waals surface area contributed by atoms with Crippen LogP contribution in [0.25, 0.3) is 0 Å². The molecule has 0 aliphatic rings. The van der Waals surface area contributed by atoms with Crippen molar-refractivity contribution in [2.24, 2.45) is 5.92 Å². The number of thiophene rings is 1. The Kier molecular flexibility index (Phi) is 4.80. The highest BCUT2D eigenvalue weighted by molar-refractivity contribution is 7.12. The molecule has 6 heteroatoms. The fourth-order valence-electron chi connectivity index (χ4n) is 1.83. The second-order valence-corrected chi connectivity index (χ2v) is 5.18. The molecule has 2 aromatic rings. The van der Waals surface area contributed by atoms with Crippen LogP contribution in [0.4, 0.5) is 5.82 Å². The van der Waals surface area contributed by atoms with E-state index < -0.39 is 17.6 Å². The Bertz CT molecular complexity index is 688. The summed E-state index contributed by atoms with van der Waals surface area (Å²) in [6.07, 6.45) is 2.21. The Morgan fingerprint density at radius 1 is 1.43 bits per heavy atom. The van der Waals surface area contributed by atoms with Crippen molar-refractivity contribution in [1.82, 2.24) is 4.98 Å². The number of ketones is 1. The summed E-state index contributed by atoms with van der Waals surface area (Å²) in [5.41, 5.74) is 0.857. The van der Waals surface area contributed by atoms with E-state index >= 15 is 0 Å². The van der Waals surface area contributed by atoms with Crippen molar-refractivity contribution in [3.63, 3.8) is 0 Å². The minimum absolute atomic E-state index is 0.317. The van der Waals surface area contributed by atoms with E-state index in [1.54, 1.807) is 29.6 Å². The number of aryl methyl sites for hydroxylation is 1. The van der Waals surface area contributed by atoms with Crippen molar-refractivity contribution in [3.8, 4) is 6.07 Å². The smallest absolute Gasteiger partial charge is 0.250 e. The third-order valence-electron chi connectivity index (χ3n) is 2.92. The fourth-order valence-corrected chi connectivity index (χ4v) is 2.80. The van der Waals surface area contributed by atoms with Crippen molar-refractivity contribution in [1.29, 1.82) is 5.26 Å². The van der Waals surface area contributed by atoms with Crippen molar-refractivity contribution < 1.29 is 9.59 Å². The van der Waals surface area contributed by atoms with Crippen LogP contribution in [0.3, 0.4) is 0 Å². The monoisotopic (exact) mass is 299 g/mol. The zero-order valence-electron chi connectivity index (χ0n) is 11.4. The van der Waals surface area contributed by atoms with Crippen LogP contribution in [-0.4, -0.2) is 16.7 Å². The highest BCUT2D eigenvalue weighted by Gasteiger charge is 2.29. The van der Waals surface area contributed by atoms with Crippen molar-refractivity contribution in [2.75, 3.05) is 5.32 Å². The maximum absolute atomic E-state index is 12.4. The molecule has 0 aromatic carbocycles. The Balaban J connectivity index is 2.18. The molecule has 0 aliphatic heterocycles. The Morgan fingerprint density at radius 2 is 2.24 bits per heavy atom. The highest BCUT2D eigenvalue weighted by atomic mass is 32.1. The normalized spacial score (nSPS) is 11.4. The van der Waals surface area contributed by atoms with E-state index in [0.29, 0.717) is 17.1 Å². The molecule has 0 fully saturated rings. The van der Waals surface area contributed by atoms with Gasteiger partial charge in [-0.2, -0.15) is 5.26 Å². The summed E-state index contributed by atoms with van der Waals surface area (Å²) in [6, 6.07) is 8.63. The minimum atomic E-state index is -1.36. The molecule has 2 heterocycles. The second kappa shape index (κ2) is 6.77. The Hall–Kier alpha value is -2.52. The van der Waals surface area contributed by atoms with Gasteiger partial charge in [-0.15, -0.1) is 11.3 Å². The van der Waals surface area contributed by atoms with Gasteiger partial charge in [0.2, 0.25) is 0 Å². The van der Waals surface area contributed by atoms with Gasteiger partial charge in [0.1, 0.15) is 5.82 Å².